The third-order valence-electron chi connectivity index (χ3n) is 4.58. The number of aromatic hydroxyl groups is 1. The van der Waals surface area contributed by atoms with Crippen LogP contribution in [0.5, 0.6) is 11.5 Å². The summed E-state index contributed by atoms with van der Waals surface area (Å²) < 4.78 is 7.62. The van der Waals surface area contributed by atoms with Crippen LogP contribution in [-0.4, -0.2) is 21.8 Å². The fourth-order valence-corrected chi connectivity index (χ4v) is 3.83. The molecule has 0 saturated carbocycles. The Morgan fingerprint density at radius 1 is 1.10 bits per heavy atom. The van der Waals surface area contributed by atoms with Gasteiger partial charge < -0.3 is 9.84 Å². The molecule has 150 valence electrons. The largest absolute Gasteiger partial charge is 0.504 e. The first-order valence-corrected chi connectivity index (χ1v) is 10.5. The summed E-state index contributed by atoms with van der Waals surface area (Å²) in [6.45, 7) is 0. The molecule has 0 unspecified atom stereocenters. The van der Waals surface area contributed by atoms with Crippen molar-refractivity contribution < 1.29 is 9.84 Å². The minimum Gasteiger partial charge on any atom is -0.504 e. The van der Waals surface area contributed by atoms with Crippen molar-refractivity contribution >= 4 is 57.2 Å². The van der Waals surface area contributed by atoms with Crippen molar-refractivity contribution in [3.8, 4) is 17.2 Å². The first kappa shape index (κ1) is 20.4. The molecule has 0 fully saturated rings. The number of fused-ring (bicyclic) bond motifs is 1. The highest BCUT2D eigenvalue weighted by atomic mass is 127. The Bertz CT molecular complexity index is 1350. The quantitative estimate of drug-likeness (QED) is 0.353. The minimum absolute atomic E-state index is 0.0565. The van der Waals surface area contributed by atoms with Gasteiger partial charge in [-0.2, -0.15) is 0 Å². The molecule has 4 rings (SSSR count). The van der Waals surface area contributed by atoms with Crippen molar-refractivity contribution in [3.05, 3.63) is 91.0 Å². The number of phenols is 1. The first-order valence-electron chi connectivity index (χ1n) is 9.00. The summed E-state index contributed by atoms with van der Waals surface area (Å²) in [7, 11) is 1.49. The van der Waals surface area contributed by atoms with Gasteiger partial charge in [0.2, 0.25) is 0 Å². The van der Waals surface area contributed by atoms with Crippen LogP contribution in [0.2, 0.25) is 5.02 Å². The smallest absolute Gasteiger partial charge is 0.266 e. The molecule has 30 heavy (non-hydrogen) atoms. The molecule has 4 aromatic rings. The van der Waals surface area contributed by atoms with E-state index in [4.69, 9.17) is 21.3 Å². The Kier molecular flexibility index (Phi) is 5.78. The van der Waals surface area contributed by atoms with Gasteiger partial charge in [0.05, 0.1) is 28.7 Å². The molecule has 1 heterocycles. The lowest BCUT2D eigenvalue weighted by molar-refractivity contribution is 0.373. The van der Waals surface area contributed by atoms with Crippen LogP contribution in [-0.2, 0) is 0 Å². The maximum absolute atomic E-state index is 13.4. The fraction of sp³-hybridized carbons (Fsp3) is 0.0435. The number of rotatable bonds is 4. The predicted octanol–water partition coefficient (Wildman–Crippen LogP) is 5.53. The SMILES string of the molecule is COc1cc(/C=C/c2nc3ccc(I)cc3c(=O)n2-c2ccccc2Cl)ccc1O. The molecule has 0 spiro atoms. The number of benzene rings is 3. The number of ether oxygens (including phenoxy) is 1. The Hall–Kier alpha value is -2.84. The Morgan fingerprint density at radius 3 is 2.67 bits per heavy atom. The van der Waals surface area contributed by atoms with E-state index in [2.05, 4.69) is 22.6 Å². The Morgan fingerprint density at radius 2 is 1.90 bits per heavy atom. The van der Waals surface area contributed by atoms with Gasteiger partial charge in [-0.25, -0.2) is 4.98 Å². The average Bonchev–Trinajstić information content (AvgIpc) is 2.74. The molecule has 1 N–H and O–H groups in total. The van der Waals surface area contributed by atoms with Gasteiger partial charge in [-0.05, 0) is 76.7 Å². The highest BCUT2D eigenvalue weighted by Crippen LogP contribution is 2.27. The van der Waals surface area contributed by atoms with Crippen molar-refractivity contribution in [2.45, 2.75) is 0 Å². The zero-order valence-corrected chi connectivity index (χ0v) is 18.8. The van der Waals surface area contributed by atoms with E-state index in [1.807, 2.05) is 30.3 Å². The van der Waals surface area contributed by atoms with E-state index in [-0.39, 0.29) is 11.3 Å². The molecule has 1 aromatic heterocycles. The standard InChI is InChI=1S/C23H16ClIN2O3/c1-30-21-12-14(6-10-20(21)28)7-11-22-26-18-9-8-15(25)13-16(18)23(29)27(22)19-5-3-2-4-17(19)24/h2-13,28H,1H3/b11-7+. The van der Waals surface area contributed by atoms with Crippen molar-refractivity contribution in [1.82, 2.24) is 9.55 Å². The number of methoxy groups -OCH3 is 1. The number of phenolic OH excluding ortho intramolecular Hbond substituents is 1. The molecule has 0 aliphatic carbocycles. The van der Waals surface area contributed by atoms with E-state index in [1.54, 1.807) is 42.5 Å². The van der Waals surface area contributed by atoms with Gasteiger partial charge in [-0.15, -0.1) is 0 Å². The third-order valence-corrected chi connectivity index (χ3v) is 5.57. The maximum Gasteiger partial charge on any atom is 0.266 e. The van der Waals surface area contributed by atoms with Gasteiger partial charge in [0, 0.05) is 3.57 Å². The molecule has 7 heteroatoms. The van der Waals surface area contributed by atoms with Gasteiger partial charge in [-0.1, -0.05) is 35.9 Å². The first-order chi connectivity index (χ1) is 14.5. The van der Waals surface area contributed by atoms with Crippen LogP contribution in [0.3, 0.4) is 0 Å². The lowest BCUT2D eigenvalue weighted by Crippen LogP contribution is -2.22. The molecular formula is C23H16ClIN2O3. The molecule has 0 aliphatic rings. The van der Waals surface area contributed by atoms with Gasteiger partial charge in [0.1, 0.15) is 5.82 Å². The van der Waals surface area contributed by atoms with Gasteiger partial charge in [0.25, 0.3) is 5.56 Å². The number of para-hydroxylation sites is 1. The van der Waals surface area contributed by atoms with Crippen molar-refractivity contribution in [1.29, 1.82) is 0 Å². The van der Waals surface area contributed by atoms with E-state index in [1.165, 1.54) is 11.7 Å². The second kappa shape index (κ2) is 8.49. The van der Waals surface area contributed by atoms with Gasteiger partial charge in [-0.3, -0.25) is 9.36 Å². The number of hydrogen-bond donors (Lipinski definition) is 1. The maximum atomic E-state index is 13.4. The number of aromatic nitrogens is 2. The average molecular weight is 531 g/mol. The van der Waals surface area contributed by atoms with Crippen LogP contribution in [0.4, 0.5) is 0 Å². The van der Waals surface area contributed by atoms with Crippen molar-refractivity contribution in [2.24, 2.45) is 0 Å². The zero-order valence-electron chi connectivity index (χ0n) is 15.8. The third kappa shape index (κ3) is 3.93. The lowest BCUT2D eigenvalue weighted by Gasteiger charge is -2.13. The zero-order chi connectivity index (χ0) is 21.3. The molecule has 0 atom stereocenters. The van der Waals surface area contributed by atoms with Gasteiger partial charge in [0.15, 0.2) is 11.5 Å². The van der Waals surface area contributed by atoms with Crippen LogP contribution >= 0.6 is 34.2 Å². The Labute approximate surface area is 191 Å². The second-order valence-corrected chi connectivity index (χ2v) is 8.14. The number of nitrogens with zero attached hydrogens (tertiary/aromatic N) is 2. The molecule has 0 radical (unpaired) electrons. The summed E-state index contributed by atoms with van der Waals surface area (Å²) in [6, 6.07) is 17.7. The van der Waals surface area contributed by atoms with Crippen molar-refractivity contribution in [3.63, 3.8) is 0 Å². The summed E-state index contributed by atoms with van der Waals surface area (Å²) in [6.07, 6.45) is 3.55. The molecule has 0 saturated heterocycles. The predicted molar refractivity (Wildman–Crippen MR) is 129 cm³/mol. The van der Waals surface area contributed by atoms with Crippen LogP contribution in [0, 0.1) is 3.57 Å². The number of halogens is 2. The van der Waals surface area contributed by atoms with E-state index < -0.39 is 0 Å². The molecular weight excluding hydrogens is 515 g/mol. The lowest BCUT2D eigenvalue weighted by atomic mass is 10.1. The van der Waals surface area contributed by atoms with Crippen LogP contribution in [0.15, 0.2) is 65.5 Å². The topological polar surface area (TPSA) is 64.3 Å². The summed E-state index contributed by atoms with van der Waals surface area (Å²) in [5, 5.41) is 10.8. The molecule has 3 aromatic carbocycles. The van der Waals surface area contributed by atoms with Gasteiger partial charge >= 0.3 is 0 Å². The molecule has 5 nitrogen and oxygen atoms in total. The van der Waals surface area contributed by atoms with Crippen molar-refractivity contribution in [2.75, 3.05) is 7.11 Å². The summed E-state index contributed by atoms with van der Waals surface area (Å²) in [5.41, 5.74) is 1.74. The Balaban J connectivity index is 1.94. The molecule has 0 aliphatic heterocycles. The second-order valence-electron chi connectivity index (χ2n) is 6.49. The highest BCUT2D eigenvalue weighted by molar-refractivity contribution is 14.1. The molecule has 0 amide bonds. The summed E-state index contributed by atoms with van der Waals surface area (Å²) in [4.78, 5) is 18.1. The van der Waals surface area contributed by atoms with E-state index in [9.17, 15) is 9.90 Å². The summed E-state index contributed by atoms with van der Waals surface area (Å²) >= 11 is 8.57. The number of hydrogen-bond acceptors (Lipinski definition) is 4. The van der Waals surface area contributed by atoms with Crippen LogP contribution < -0.4 is 10.3 Å². The van der Waals surface area contributed by atoms with Crippen LogP contribution in [0.25, 0.3) is 28.7 Å². The summed E-state index contributed by atoms with van der Waals surface area (Å²) in [5.74, 6) is 0.858. The van der Waals surface area contributed by atoms with Crippen LogP contribution in [0.1, 0.15) is 11.4 Å². The fourth-order valence-electron chi connectivity index (χ4n) is 3.12. The van der Waals surface area contributed by atoms with E-state index in [0.29, 0.717) is 33.2 Å². The molecule has 0 bridgehead atoms. The van der Waals surface area contributed by atoms with E-state index in [0.717, 1.165) is 9.13 Å². The van der Waals surface area contributed by atoms with E-state index >= 15 is 0 Å². The monoisotopic (exact) mass is 530 g/mol. The minimum atomic E-state index is -0.199. The normalized spacial score (nSPS) is 11.3. The highest BCUT2D eigenvalue weighted by Gasteiger charge is 2.14.